The molecule has 0 aromatic carbocycles. The van der Waals surface area contributed by atoms with E-state index in [0.717, 1.165) is 11.5 Å². The third kappa shape index (κ3) is 3.47. The molecule has 0 bridgehead atoms. The fraction of sp³-hybridized carbons (Fsp3) is 0.700. The van der Waals surface area contributed by atoms with Crippen molar-refractivity contribution in [1.29, 1.82) is 0 Å². The van der Waals surface area contributed by atoms with Crippen molar-refractivity contribution in [2.45, 2.75) is 39.8 Å². The summed E-state index contributed by atoms with van der Waals surface area (Å²) in [5.41, 5.74) is 6.36. The predicted octanol–water partition coefficient (Wildman–Crippen LogP) is 1.55. The maximum Gasteiger partial charge on any atom is 0.220 e. The van der Waals surface area contributed by atoms with E-state index in [1.165, 1.54) is 0 Å². The molecule has 0 aliphatic carbocycles. The van der Waals surface area contributed by atoms with E-state index in [2.05, 4.69) is 4.98 Å². The minimum absolute atomic E-state index is 0.309. The molecule has 1 aromatic heterocycles. The van der Waals surface area contributed by atoms with Gasteiger partial charge in [0.1, 0.15) is 12.4 Å². The molecule has 0 atom stereocenters. The Kier molecular flexibility index (Phi) is 3.29. The van der Waals surface area contributed by atoms with Crippen LogP contribution in [-0.4, -0.2) is 17.1 Å². The molecule has 0 aliphatic rings. The van der Waals surface area contributed by atoms with Crippen molar-refractivity contribution >= 4 is 0 Å². The van der Waals surface area contributed by atoms with E-state index in [9.17, 15) is 0 Å². The molecule has 0 radical (unpaired) electrons. The smallest absolute Gasteiger partial charge is 0.220 e. The summed E-state index contributed by atoms with van der Waals surface area (Å²) in [6.45, 7) is 8.51. The van der Waals surface area contributed by atoms with Crippen LogP contribution in [0.15, 0.2) is 4.42 Å². The number of aromatic nitrogens is 1. The second-order valence-electron chi connectivity index (χ2n) is 4.23. The Labute approximate surface area is 84.5 Å². The summed E-state index contributed by atoms with van der Waals surface area (Å²) in [5.74, 6) is 1.46. The summed E-state index contributed by atoms with van der Waals surface area (Å²) in [5, 5.41) is 0. The van der Waals surface area contributed by atoms with Gasteiger partial charge in [0.2, 0.25) is 5.89 Å². The molecule has 2 N–H and O–H groups in total. The SMILES string of the molecule is Cc1nc(COCC(C)(C)N)oc1C. The number of rotatable bonds is 4. The third-order valence-corrected chi connectivity index (χ3v) is 1.77. The van der Waals surface area contributed by atoms with Crippen LogP contribution in [0.5, 0.6) is 0 Å². The number of oxazole rings is 1. The van der Waals surface area contributed by atoms with Crippen LogP contribution in [0, 0.1) is 13.8 Å². The molecule has 4 nitrogen and oxygen atoms in total. The molecule has 0 unspecified atom stereocenters. The minimum atomic E-state index is -0.309. The Morgan fingerprint density at radius 3 is 2.50 bits per heavy atom. The summed E-state index contributed by atoms with van der Waals surface area (Å²) >= 11 is 0. The lowest BCUT2D eigenvalue weighted by molar-refractivity contribution is 0.0704. The lowest BCUT2D eigenvalue weighted by Crippen LogP contribution is -2.37. The maximum atomic E-state index is 5.76. The van der Waals surface area contributed by atoms with Crippen molar-refractivity contribution in [3.05, 3.63) is 17.3 Å². The van der Waals surface area contributed by atoms with Gasteiger partial charge in [-0.05, 0) is 27.7 Å². The van der Waals surface area contributed by atoms with E-state index in [0.29, 0.717) is 19.1 Å². The van der Waals surface area contributed by atoms with Gasteiger partial charge in [-0.25, -0.2) is 4.98 Å². The number of nitrogens with zero attached hydrogens (tertiary/aromatic N) is 1. The fourth-order valence-corrected chi connectivity index (χ4v) is 1.00. The van der Waals surface area contributed by atoms with Gasteiger partial charge in [0.15, 0.2) is 0 Å². The lowest BCUT2D eigenvalue weighted by Gasteiger charge is -2.17. The molecule has 0 fully saturated rings. The van der Waals surface area contributed by atoms with Gasteiger partial charge in [-0.15, -0.1) is 0 Å². The van der Waals surface area contributed by atoms with E-state index >= 15 is 0 Å². The first-order chi connectivity index (χ1) is 6.38. The molecule has 1 rings (SSSR count). The highest BCUT2D eigenvalue weighted by Gasteiger charge is 2.12. The monoisotopic (exact) mass is 198 g/mol. The molecule has 1 aromatic rings. The molecule has 1 heterocycles. The van der Waals surface area contributed by atoms with Crippen molar-refractivity contribution in [2.75, 3.05) is 6.61 Å². The lowest BCUT2D eigenvalue weighted by atomic mass is 10.1. The van der Waals surface area contributed by atoms with Gasteiger partial charge in [0.25, 0.3) is 0 Å². The highest BCUT2D eigenvalue weighted by Crippen LogP contribution is 2.09. The zero-order chi connectivity index (χ0) is 10.8. The average molecular weight is 198 g/mol. The first-order valence-corrected chi connectivity index (χ1v) is 4.68. The highest BCUT2D eigenvalue weighted by molar-refractivity contribution is 5.04. The van der Waals surface area contributed by atoms with E-state index in [1.54, 1.807) is 0 Å². The zero-order valence-corrected chi connectivity index (χ0v) is 9.26. The standard InChI is InChI=1S/C10H18N2O2/c1-7-8(2)14-9(12-7)5-13-6-10(3,4)11/h5-6,11H2,1-4H3. The summed E-state index contributed by atoms with van der Waals surface area (Å²) in [6.07, 6.45) is 0. The molecule has 0 spiro atoms. The molecule has 80 valence electrons. The van der Waals surface area contributed by atoms with Crippen LogP contribution < -0.4 is 5.73 Å². The van der Waals surface area contributed by atoms with Gasteiger partial charge < -0.3 is 14.9 Å². The zero-order valence-electron chi connectivity index (χ0n) is 9.26. The molecule has 0 saturated heterocycles. The molecule has 0 aliphatic heterocycles. The van der Waals surface area contributed by atoms with E-state index in [4.69, 9.17) is 14.9 Å². The number of ether oxygens (including phenoxy) is 1. The van der Waals surface area contributed by atoms with Gasteiger partial charge in [-0.3, -0.25) is 0 Å². The Morgan fingerprint density at radius 1 is 1.43 bits per heavy atom. The molecular weight excluding hydrogens is 180 g/mol. The Balaban J connectivity index is 2.39. The van der Waals surface area contributed by atoms with Crippen molar-refractivity contribution in [1.82, 2.24) is 4.98 Å². The molecule has 14 heavy (non-hydrogen) atoms. The molecular formula is C10H18N2O2. The Hall–Kier alpha value is -0.870. The summed E-state index contributed by atoms with van der Waals surface area (Å²) in [7, 11) is 0. The maximum absolute atomic E-state index is 5.76. The number of aryl methyl sites for hydroxylation is 2. The van der Waals surface area contributed by atoms with E-state index < -0.39 is 0 Å². The van der Waals surface area contributed by atoms with Gasteiger partial charge >= 0.3 is 0 Å². The third-order valence-electron chi connectivity index (χ3n) is 1.77. The van der Waals surface area contributed by atoms with Crippen LogP contribution in [0.25, 0.3) is 0 Å². The van der Waals surface area contributed by atoms with Crippen LogP contribution in [-0.2, 0) is 11.3 Å². The van der Waals surface area contributed by atoms with E-state index in [1.807, 2.05) is 27.7 Å². The number of nitrogens with two attached hydrogens (primary N) is 1. The van der Waals surface area contributed by atoms with Crippen molar-refractivity contribution < 1.29 is 9.15 Å². The average Bonchev–Trinajstić information content (AvgIpc) is 2.28. The van der Waals surface area contributed by atoms with E-state index in [-0.39, 0.29) is 5.54 Å². The van der Waals surface area contributed by atoms with Crippen molar-refractivity contribution in [3.63, 3.8) is 0 Å². The topological polar surface area (TPSA) is 61.3 Å². The van der Waals surface area contributed by atoms with Crippen LogP contribution in [0.2, 0.25) is 0 Å². The summed E-state index contributed by atoms with van der Waals surface area (Å²) < 4.78 is 10.7. The van der Waals surface area contributed by atoms with Crippen LogP contribution in [0.3, 0.4) is 0 Å². The number of hydrogen-bond donors (Lipinski definition) is 1. The quantitative estimate of drug-likeness (QED) is 0.797. The summed E-state index contributed by atoms with van der Waals surface area (Å²) in [6, 6.07) is 0. The fourth-order valence-electron chi connectivity index (χ4n) is 1.00. The van der Waals surface area contributed by atoms with Crippen molar-refractivity contribution in [3.8, 4) is 0 Å². The van der Waals surface area contributed by atoms with Gasteiger partial charge in [0.05, 0.1) is 12.3 Å². The number of hydrogen-bond acceptors (Lipinski definition) is 4. The predicted molar refractivity (Wildman–Crippen MR) is 53.9 cm³/mol. The molecule has 0 saturated carbocycles. The normalized spacial score (nSPS) is 12.1. The van der Waals surface area contributed by atoms with Gasteiger partial charge in [-0.1, -0.05) is 0 Å². The van der Waals surface area contributed by atoms with Crippen LogP contribution >= 0.6 is 0 Å². The highest BCUT2D eigenvalue weighted by atomic mass is 16.5. The molecule has 4 heteroatoms. The summed E-state index contributed by atoms with van der Waals surface area (Å²) in [4.78, 5) is 4.20. The minimum Gasteiger partial charge on any atom is -0.443 e. The molecule has 0 amide bonds. The van der Waals surface area contributed by atoms with Gasteiger partial charge in [-0.2, -0.15) is 0 Å². The largest absolute Gasteiger partial charge is 0.443 e. The first-order valence-electron chi connectivity index (χ1n) is 4.68. The van der Waals surface area contributed by atoms with Crippen LogP contribution in [0.4, 0.5) is 0 Å². The Morgan fingerprint density at radius 2 is 2.07 bits per heavy atom. The Bertz CT molecular complexity index is 280. The van der Waals surface area contributed by atoms with Crippen LogP contribution in [0.1, 0.15) is 31.2 Å². The first kappa shape index (κ1) is 11.2. The second-order valence-corrected chi connectivity index (χ2v) is 4.23. The van der Waals surface area contributed by atoms with Gasteiger partial charge in [0, 0.05) is 5.54 Å². The second kappa shape index (κ2) is 4.11. The van der Waals surface area contributed by atoms with Crippen molar-refractivity contribution in [2.24, 2.45) is 5.73 Å².